The Hall–Kier alpha value is -1.99. The smallest absolute Gasteiger partial charge is 0.323 e. The van der Waals surface area contributed by atoms with E-state index >= 15 is 0 Å². The average molecular weight is 413 g/mol. The second kappa shape index (κ2) is 7.36. The Kier molecular flexibility index (Phi) is 4.82. The molecule has 0 unspecified atom stereocenters. The molecule has 29 heavy (non-hydrogen) atoms. The first-order valence-corrected chi connectivity index (χ1v) is 11.6. The zero-order valence-corrected chi connectivity index (χ0v) is 17.7. The summed E-state index contributed by atoms with van der Waals surface area (Å²) in [4.78, 5) is 34.5. The van der Waals surface area contributed by atoms with Crippen molar-refractivity contribution in [2.75, 3.05) is 19.8 Å². The molecule has 7 heteroatoms. The summed E-state index contributed by atoms with van der Waals surface area (Å²) in [5.74, 6) is 0.552. The minimum absolute atomic E-state index is 0.0168. The molecule has 3 heterocycles. The van der Waals surface area contributed by atoms with E-state index in [-0.39, 0.29) is 17.9 Å². The van der Waals surface area contributed by atoms with Gasteiger partial charge >= 0.3 is 6.03 Å². The second-order valence-corrected chi connectivity index (χ2v) is 9.92. The molecule has 2 aliphatic heterocycles. The van der Waals surface area contributed by atoms with E-state index < -0.39 is 5.54 Å². The molecule has 1 aromatic carbocycles. The average Bonchev–Trinajstić information content (AvgIpc) is 3.26. The number of nitrogens with zero attached hydrogens (tertiary/aromatic N) is 3. The molecule has 2 aromatic rings. The number of carbonyl (C=O) groups is 2. The van der Waals surface area contributed by atoms with Crippen molar-refractivity contribution in [1.82, 2.24) is 20.1 Å². The van der Waals surface area contributed by atoms with Crippen LogP contribution in [0.1, 0.15) is 56.4 Å². The fraction of sp³-hybridized carbons (Fsp3) is 0.591. The molecule has 1 saturated carbocycles. The van der Waals surface area contributed by atoms with Gasteiger partial charge in [0, 0.05) is 12.5 Å². The van der Waals surface area contributed by atoms with Crippen molar-refractivity contribution in [2.45, 2.75) is 56.9 Å². The number of carbonyl (C=O) groups excluding carboxylic acids is 2. The molecule has 2 saturated heterocycles. The molecule has 154 valence electrons. The predicted molar refractivity (Wildman–Crippen MR) is 114 cm³/mol. The number of fused-ring (bicyclic) bond motifs is 1. The lowest BCUT2D eigenvalue weighted by Gasteiger charge is -2.37. The number of hydrogen-bond acceptors (Lipinski definition) is 5. The van der Waals surface area contributed by atoms with Crippen LogP contribution in [-0.2, 0) is 4.79 Å². The van der Waals surface area contributed by atoms with E-state index in [1.165, 1.54) is 14.6 Å². The third-order valence-electron chi connectivity index (χ3n) is 7.01. The van der Waals surface area contributed by atoms with Gasteiger partial charge in [0.25, 0.3) is 5.91 Å². The standard InChI is InChI=1S/C22H28N4O2S/c1-15-7-4-5-11-22(15)20(27)26(21(28)24-22)14-25-12-6-8-16(13-25)19-23-17-9-2-3-10-18(17)29-19/h2-3,9-10,15-16H,4-8,11-14H2,1H3,(H,24,28)/t15-,16-,22-/m0/s1. The van der Waals surface area contributed by atoms with Gasteiger partial charge in [0.15, 0.2) is 0 Å². The molecule has 3 fully saturated rings. The molecule has 3 amide bonds. The van der Waals surface area contributed by atoms with Gasteiger partial charge in [-0.3, -0.25) is 9.69 Å². The van der Waals surface area contributed by atoms with Gasteiger partial charge in [0.05, 0.1) is 21.9 Å². The number of nitrogens with one attached hydrogen (secondary N) is 1. The van der Waals surface area contributed by atoms with Gasteiger partial charge in [0.2, 0.25) is 0 Å². The van der Waals surface area contributed by atoms with Gasteiger partial charge in [-0.15, -0.1) is 11.3 Å². The number of likely N-dealkylation sites (tertiary alicyclic amines) is 1. The summed E-state index contributed by atoms with van der Waals surface area (Å²) in [5.41, 5.74) is 0.393. The van der Waals surface area contributed by atoms with Crippen molar-refractivity contribution in [3.63, 3.8) is 0 Å². The van der Waals surface area contributed by atoms with Crippen molar-refractivity contribution in [2.24, 2.45) is 5.92 Å². The molecule has 5 rings (SSSR count). The summed E-state index contributed by atoms with van der Waals surface area (Å²) in [6.45, 7) is 4.26. The summed E-state index contributed by atoms with van der Waals surface area (Å²) in [7, 11) is 0. The van der Waals surface area contributed by atoms with Crippen molar-refractivity contribution in [1.29, 1.82) is 0 Å². The Morgan fingerprint density at radius 2 is 2.07 bits per heavy atom. The maximum Gasteiger partial charge on any atom is 0.326 e. The summed E-state index contributed by atoms with van der Waals surface area (Å²) in [6, 6.07) is 8.05. The molecule has 1 aromatic heterocycles. The topological polar surface area (TPSA) is 65.5 Å². The van der Waals surface area contributed by atoms with E-state index in [0.717, 1.165) is 57.1 Å². The predicted octanol–water partition coefficient (Wildman–Crippen LogP) is 3.93. The quantitative estimate of drug-likeness (QED) is 0.776. The lowest BCUT2D eigenvalue weighted by molar-refractivity contribution is -0.135. The first-order valence-electron chi connectivity index (χ1n) is 10.8. The van der Waals surface area contributed by atoms with Crippen LogP contribution in [0.15, 0.2) is 24.3 Å². The van der Waals surface area contributed by atoms with E-state index in [2.05, 4.69) is 35.3 Å². The Morgan fingerprint density at radius 3 is 2.90 bits per heavy atom. The minimum atomic E-state index is -0.669. The number of rotatable bonds is 3. The van der Waals surface area contributed by atoms with Crippen LogP contribution in [0.5, 0.6) is 0 Å². The summed E-state index contributed by atoms with van der Waals surface area (Å²) in [6.07, 6.45) is 6.09. The maximum atomic E-state index is 13.3. The first kappa shape index (κ1) is 19.0. The van der Waals surface area contributed by atoms with Crippen LogP contribution < -0.4 is 5.32 Å². The Balaban J connectivity index is 1.30. The Morgan fingerprint density at radius 1 is 1.21 bits per heavy atom. The van der Waals surface area contributed by atoms with Crippen LogP contribution in [-0.4, -0.2) is 52.0 Å². The Bertz CT molecular complexity index is 911. The van der Waals surface area contributed by atoms with Crippen LogP contribution >= 0.6 is 11.3 Å². The SMILES string of the molecule is C[C@H]1CCCC[C@]12NC(=O)N(CN1CCC[C@H](c3nc4ccccc4s3)C1)C2=O. The lowest BCUT2D eigenvalue weighted by atomic mass is 9.73. The van der Waals surface area contributed by atoms with E-state index in [1.807, 2.05) is 6.07 Å². The van der Waals surface area contributed by atoms with Crippen LogP contribution in [0.4, 0.5) is 4.79 Å². The van der Waals surface area contributed by atoms with Crippen molar-refractivity contribution in [3.05, 3.63) is 29.3 Å². The third kappa shape index (κ3) is 3.24. The Labute approximate surface area is 175 Å². The number of para-hydroxylation sites is 1. The van der Waals surface area contributed by atoms with Gasteiger partial charge in [-0.2, -0.15) is 0 Å². The molecule has 6 nitrogen and oxygen atoms in total. The first-order chi connectivity index (χ1) is 14.1. The summed E-state index contributed by atoms with van der Waals surface area (Å²) in [5, 5.41) is 4.24. The monoisotopic (exact) mass is 412 g/mol. The van der Waals surface area contributed by atoms with E-state index in [0.29, 0.717) is 12.6 Å². The van der Waals surface area contributed by atoms with E-state index in [1.54, 1.807) is 11.3 Å². The highest BCUT2D eigenvalue weighted by Gasteiger charge is 2.55. The van der Waals surface area contributed by atoms with Crippen LogP contribution in [0.2, 0.25) is 0 Å². The number of hydrogen-bond donors (Lipinski definition) is 1. The minimum Gasteiger partial charge on any atom is -0.323 e. The molecule has 3 aliphatic rings. The number of thiazole rings is 1. The number of benzene rings is 1. The van der Waals surface area contributed by atoms with Gasteiger partial charge in [-0.05, 0) is 50.3 Å². The summed E-state index contributed by atoms with van der Waals surface area (Å²) >= 11 is 1.77. The highest BCUT2D eigenvalue weighted by Crippen LogP contribution is 2.39. The van der Waals surface area contributed by atoms with Crippen molar-refractivity contribution < 1.29 is 9.59 Å². The highest BCUT2D eigenvalue weighted by atomic mass is 32.1. The molecule has 0 bridgehead atoms. The van der Waals surface area contributed by atoms with Gasteiger partial charge in [-0.25, -0.2) is 14.7 Å². The number of aromatic nitrogens is 1. The second-order valence-electron chi connectivity index (χ2n) is 8.86. The number of urea groups is 1. The maximum absolute atomic E-state index is 13.3. The van der Waals surface area contributed by atoms with Gasteiger partial charge < -0.3 is 5.32 Å². The molecule has 1 aliphatic carbocycles. The van der Waals surface area contributed by atoms with Crippen LogP contribution in [0.25, 0.3) is 10.2 Å². The van der Waals surface area contributed by atoms with Crippen LogP contribution in [0.3, 0.4) is 0 Å². The zero-order valence-electron chi connectivity index (χ0n) is 16.9. The molecule has 0 radical (unpaired) electrons. The van der Waals surface area contributed by atoms with Gasteiger partial charge in [-0.1, -0.05) is 31.9 Å². The fourth-order valence-corrected chi connectivity index (χ4v) is 6.37. The summed E-state index contributed by atoms with van der Waals surface area (Å²) < 4.78 is 1.22. The molecular formula is C22H28N4O2S. The molecular weight excluding hydrogens is 384 g/mol. The van der Waals surface area contributed by atoms with Gasteiger partial charge in [0.1, 0.15) is 5.54 Å². The highest BCUT2D eigenvalue weighted by molar-refractivity contribution is 7.18. The number of piperidine rings is 1. The number of imide groups is 1. The largest absolute Gasteiger partial charge is 0.326 e. The molecule has 3 atom stereocenters. The van der Waals surface area contributed by atoms with Crippen LogP contribution in [0, 0.1) is 5.92 Å². The van der Waals surface area contributed by atoms with E-state index in [9.17, 15) is 9.59 Å². The normalized spacial score (nSPS) is 31.0. The van der Waals surface area contributed by atoms with Crippen molar-refractivity contribution in [3.8, 4) is 0 Å². The third-order valence-corrected chi connectivity index (χ3v) is 8.21. The zero-order chi connectivity index (χ0) is 20.0. The molecule has 1 spiro atoms. The van der Waals surface area contributed by atoms with E-state index in [4.69, 9.17) is 4.98 Å². The lowest BCUT2D eigenvalue weighted by Crippen LogP contribution is -2.54. The fourth-order valence-electron chi connectivity index (χ4n) is 5.27. The molecule has 1 N–H and O–H groups in total. The number of amides is 3. The van der Waals surface area contributed by atoms with Crippen molar-refractivity contribution >= 4 is 33.5 Å².